The highest BCUT2D eigenvalue weighted by molar-refractivity contribution is 6.00. The van der Waals surface area contributed by atoms with Gasteiger partial charge in [0.2, 0.25) is 5.95 Å². The van der Waals surface area contributed by atoms with Gasteiger partial charge in [0.15, 0.2) is 0 Å². The molecule has 1 heterocycles. The largest absolute Gasteiger partial charge is 0.495 e. The van der Waals surface area contributed by atoms with Crippen molar-refractivity contribution in [2.75, 3.05) is 17.7 Å². The fourth-order valence-corrected chi connectivity index (χ4v) is 2.96. The molecule has 31 heavy (non-hydrogen) atoms. The first kappa shape index (κ1) is 19.9. The molecule has 154 valence electrons. The summed E-state index contributed by atoms with van der Waals surface area (Å²) < 4.78 is 6.82. The van der Waals surface area contributed by atoms with E-state index in [-0.39, 0.29) is 0 Å². The van der Waals surface area contributed by atoms with Gasteiger partial charge >= 0.3 is 6.03 Å². The first-order valence-corrected chi connectivity index (χ1v) is 9.68. The topological polar surface area (TPSA) is 80.5 Å². The van der Waals surface area contributed by atoms with Gasteiger partial charge in [-0.05, 0) is 17.7 Å². The number of benzene rings is 3. The van der Waals surface area contributed by atoms with E-state index in [0.717, 1.165) is 11.1 Å². The van der Waals surface area contributed by atoms with Crippen molar-refractivity contribution in [1.29, 1.82) is 0 Å². The summed E-state index contributed by atoms with van der Waals surface area (Å²) in [6, 6.07) is 26.1. The molecule has 7 nitrogen and oxygen atoms in total. The number of nitrogens with one attached hydrogen (secondary N) is 2. The van der Waals surface area contributed by atoms with Crippen molar-refractivity contribution in [3.05, 3.63) is 96.7 Å². The van der Waals surface area contributed by atoms with Gasteiger partial charge in [-0.25, -0.2) is 14.5 Å². The van der Waals surface area contributed by atoms with Gasteiger partial charge < -0.3 is 10.1 Å². The fourth-order valence-electron chi connectivity index (χ4n) is 2.96. The standard InChI is InChI=1S/C24H21N5O2/c1-31-22-15-9-8-14-20(22)27-24(30)28-23-26-21(19-12-6-3-7-13-19)17-29(23)25-16-18-10-4-2-5-11-18/h2-17H,1H3,(H2,26,27,28,30). The van der Waals surface area contributed by atoms with Crippen LogP contribution in [0.2, 0.25) is 0 Å². The third-order valence-corrected chi connectivity index (χ3v) is 4.47. The normalized spacial score (nSPS) is 10.7. The molecule has 0 unspecified atom stereocenters. The number of imidazole rings is 1. The molecule has 1 aromatic heterocycles. The molecule has 0 aliphatic rings. The van der Waals surface area contributed by atoms with E-state index in [1.165, 1.54) is 4.68 Å². The molecule has 0 spiro atoms. The number of anilines is 2. The molecule has 0 aliphatic heterocycles. The molecule has 0 fully saturated rings. The van der Waals surface area contributed by atoms with Crippen LogP contribution in [0.4, 0.5) is 16.4 Å². The number of carbonyl (C=O) groups is 1. The van der Waals surface area contributed by atoms with Gasteiger partial charge in [-0.1, -0.05) is 72.8 Å². The smallest absolute Gasteiger partial charge is 0.326 e. The predicted octanol–water partition coefficient (Wildman–Crippen LogP) is 5.08. The Labute approximate surface area is 180 Å². The summed E-state index contributed by atoms with van der Waals surface area (Å²) in [6.45, 7) is 0. The highest BCUT2D eigenvalue weighted by Crippen LogP contribution is 2.24. The van der Waals surface area contributed by atoms with Gasteiger partial charge in [0.05, 0.1) is 30.9 Å². The summed E-state index contributed by atoms with van der Waals surface area (Å²) in [7, 11) is 1.55. The molecule has 4 aromatic rings. The summed E-state index contributed by atoms with van der Waals surface area (Å²) in [5, 5.41) is 10.0. The highest BCUT2D eigenvalue weighted by Gasteiger charge is 2.13. The zero-order valence-corrected chi connectivity index (χ0v) is 16.9. The van der Waals surface area contributed by atoms with Gasteiger partial charge in [-0.2, -0.15) is 5.10 Å². The van der Waals surface area contributed by atoms with E-state index >= 15 is 0 Å². The summed E-state index contributed by atoms with van der Waals surface area (Å²) in [4.78, 5) is 17.2. The van der Waals surface area contributed by atoms with Crippen molar-refractivity contribution in [2.24, 2.45) is 5.10 Å². The summed E-state index contributed by atoms with van der Waals surface area (Å²) in [5.74, 6) is 0.853. The average molecular weight is 411 g/mol. The highest BCUT2D eigenvalue weighted by atomic mass is 16.5. The summed E-state index contributed by atoms with van der Waals surface area (Å²) in [5.41, 5.74) is 3.10. The predicted molar refractivity (Wildman–Crippen MR) is 123 cm³/mol. The van der Waals surface area contributed by atoms with Gasteiger partial charge in [-0.15, -0.1) is 0 Å². The first-order chi connectivity index (χ1) is 15.2. The Bertz CT molecular complexity index is 1190. The van der Waals surface area contributed by atoms with E-state index in [0.29, 0.717) is 23.1 Å². The Morgan fingerprint density at radius 3 is 2.35 bits per heavy atom. The minimum absolute atomic E-state index is 0.290. The molecular formula is C24H21N5O2. The third kappa shape index (κ3) is 4.97. The van der Waals surface area contributed by atoms with E-state index < -0.39 is 6.03 Å². The lowest BCUT2D eigenvalue weighted by molar-refractivity contribution is 0.262. The van der Waals surface area contributed by atoms with Crippen molar-refractivity contribution < 1.29 is 9.53 Å². The van der Waals surface area contributed by atoms with E-state index in [4.69, 9.17) is 4.74 Å². The molecule has 2 amide bonds. The fraction of sp³-hybridized carbons (Fsp3) is 0.0417. The number of hydrogen-bond donors (Lipinski definition) is 2. The van der Waals surface area contributed by atoms with E-state index in [2.05, 4.69) is 20.7 Å². The van der Waals surface area contributed by atoms with Crippen LogP contribution < -0.4 is 15.4 Å². The van der Waals surface area contributed by atoms with Crippen LogP contribution in [0, 0.1) is 0 Å². The van der Waals surface area contributed by atoms with Gasteiger partial charge in [0.25, 0.3) is 0 Å². The minimum atomic E-state index is -0.453. The Hall–Kier alpha value is -4.39. The van der Waals surface area contributed by atoms with Crippen molar-refractivity contribution in [3.63, 3.8) is 0 Å². The number of urea groups is 1. The Balaban J connectivity index is 1.61. The zero-order valence-electron chi connectivity index (χ0n) is 16.9. The molecular weight excluding hydrogens is 390 g/mol. The number of rotatable bonds is 6. The Kier molecular flexibility index (Phi) is 6.04. The number of nitrogens with zero attached hydrogens (tertiary/aromatic N) is 3. The third-order valence-electron chi connectivity index (χ3n) is 4.47. The molecule has 0 saturated heterocycles. The van der Waals surface area contributed by atoms with Crippen LogP contribution in [0.3, 0.4) is 0 Å². The molecule has 0 aliphatic carbocycles. The molecule has 7 heteroatoms. The number of amides is 2. The van der Waals surface area contributed by atoms with Gasteiger partial charge in [-0.3, -0.25) is 5.32 Å². The van der Waals surface area contributed by atoms with E-state index in [1.807, 2.05) is 72.8 Å². The quantitative estimate of drug-likeness (QED) is 0.434. The molecule has 4 rings (SSSR count). The van der Waals surface area contributed by atoms with Crippen LogP contribution in [0.25, 0.3) is 11.3 Å². The van der Waals surface area contributed by atoms with Crippen LogP contribution in [0.1, 0.15) is 5.56 Å². The summed E-state index contributed by atoms with van der Waals surface area (Å²) >= 11 is 0. The maximum Gasteiger partial charge on any atom is 0.326 e. The maximum atomic E-state index is 12.6. The number of aromatic nitrogens is 2. The SMILES string of the molecule is COc1ccccc1NC(=O)Nc1nc(-c2ccccc2)cn1N=Cc1ccccc1. The van der Waals surface area contributed by atoms with Crippen molar-refractivity contribution >= 4 is 23.9 Å². The van der Waals surface area contributed by atoms with Crippen LogP contribution in [0.15, 0.2) is 96.2 Å². The molecule has 0 saturated carbocycles. The lowest BCUT2D eigenvalue weighted by atomic mass is 10.2. The van der Waals surface area contributed by atoms with Crippen LogP contribution in [0.5, 0.6) is 5.75 Å². The lowest BCUT2D eigenvalue weighted by Crippen LogP contribution is -2.21. The van der Waals surface area contributed by atoms with Crippen molar-refractivity contribution in [3.8, 4) is 17.0 Å². The first-order valence-electron chi connectivity index (χ1n) is 9.68. The van der Waals surface area contributed by atoms with E-state index in [1.54, 1.807) is 31.7 Å². The number of methoxy groups -OCH3 is 1. The summed E-state index contributed by atoms with van der Waals surface area (Å²) in [6.07, 6.45) is 3.48. The van der Waals surface area contributed by atoms with Crippen LogP contribution in [-0.4, -0.2) is 29.0 Å². The second-order valence-corrected chi connectivity index (χ2v) is 6.60. The minimum Gasteiger partial charge on any atom is -0.495 e. The number of carbonyl (C=O) groups excluding carboxylic acids is 1. The van der Waals surface area contributed by atoms with Crippen molar-refractivity contribution in [2.45, 2.75) is 0 Å². The second-order valence-electron chi connectivity index (χ2n) is 6.60. The molecule has 0 radical (unpaired) electrons. The maximum absolute atomic E-state index is 12.6. The average Bonchev–Trinajstić information content (AvgIpc) is 3.21. The van der Waals surface area contributed by atoms with Gasteiger partial charge in [0.1, 0.15) is 5.75 Å². The number of hydrogen-bond acceptors (Lipinski definition) is 4. The molecule has 3 aromatic carbocycles. The monoisotopic (exact) mass is 411 g/mol. The van der Waals surface area contributed by atoms with E-state index in [9.17, 15) is 4.79 Å². The second kappa shape index (κ2) is 9.41. The van der Waals surface area contributed by atoms with Crippen LogP contribution >= 0.6 is 0 Å². The Morgan fingerprint density at radius 1 is 0.935 bits per heavy atom. The molecule has 0 atom stereocenters. The zero-order chi connectivity index (χ0) is 21.5. The Morgan fingerprint density at radius 2 is 1.61 bits per heavy atom. The molecule has 0 bridgehead atoms. The van der Waals surface area contributed by atoms with Crippen molar-refractivity contribution in [1.82, 2.24) is 9.66 Å². The molecule has 2 N–H and O–H groups in total. The number of para-hydroxylation sites is 2. The van der Waals surface area contributed by atoms with Gasteiger partial charge in [0, 0.05) is 5.56 Å². The van der Waals surface area contributed by atoms with Crippen LogP contribution in [-0.2, 0) is 0 Å². The lowest BCUT2D eigenvalue weighted by Gasteiger charge is -2.10. The number of ether oxygens (including phenoxy) is 1.